The van der Waals surface area contributed by atoms with Crippen LogP contribution in [0.5, 0.6) is 0 Å². The third kappa shape index (κ3) is 1.54. The van der Waals surface area contributed by atoms with E-state index in [1.807, 2.05) is 12.1 Å². The fourth-order valence-electron chi connectivity index (χ4n) is 1.55. The number of epoxide rings is 1. The van der Waals surface area contributed by atoms with Crippen LogP contribution in [-0.2, 0) is 16.9 Å². The van der Waals surface area contributed by atoms with E-state index in [-0.39, 0.29) is 0 Å². The molecule has 76 valence electrons. The van der Waals surface area contributed by atoms with Crippen LogP contribution in [0.15, 0.2) is 24.3 Å². The van der Waals surface area contributed by atoms with Crippen molar-refractivity contribution in [2.45, 2.75) is 31.8 Å². The summed E-state index contributed by atoms with van der Waals surface area (Å²) in [5.74, 6) is -1.45. The van der Waals surface area contributed by atoms with Crippen LogP contribution in [0.2, 0.25) is 0 Å². The lowest BCUT2D eigenvalue weighted by Gasteiger charge is -2.05. The van der Waals surface area contributed by atoms with E-state index in [1.54, 1.807) is 12.1 Å². The summed E-state index contributed by atoms with van der Waals surface area (Å²) in [5, 5.41) is 18.7. The van der Waals surface area contributed by atoms with Crippen LogP contribution in [0.4, 0.5) is 0 Å². The van der Waals surface area contributed by atoms with Gasteiger partial charge in [-0.1, -0.05) is 37.6 Å². The molecule has 1 aliphatic heterocycles. The molecule has 1 aromatic carbocycles. The largest absolute Gasteiger partial charge is 0.363 e. The molecule has 1 heterocycles. The number of aliphatic hydroxyl groups excluding tert-OH is 1. The van der Waals surface area contributed by atoms with E-state index in [0.717, 1.165) is 12.8 Å². The summed E-state index contributed by atoms with van der Waals surface area (Å²) in [6.07, 6.45) is 1.06. The second-order valence-electron chi connectivity index (χ2n) is 3.61. The highest BCUT2D eigenvalue weighted by molar-refractivity contribution is 5.28. The number of aryl methyl sites for hydroxylation is 1. The Kier molecular flexibility index (Phi) is 2.31. The number of rotatable bonds is 3. The number of ether oxygens (including phenoxy) is 1. The topological polar surface area (TPSA) is 53.0 Å². The number of benzene rings is 1. The monoisotopic (exact) mass is 194 g/mol. The molecule has 1 saturated heterocycles. The Morgan fingerprint density at radius 2 is 1.93 bits per heavy atom. The van der Waals surface area contributed by atoms with Crippen molar-refractivity contribution in [3.05, 3.63) is 35.4 Å². The van der Waals surface area contributed by atoms with Crippen LogP contribution in [0.3, 0.4) is 0 Å². The van der Waals surface area contributed by atoms with E-state index in [2.05, 4.69) is 6.92 Å². The molecule has 0 spiro atoms. The zero-order valence-electron chi connectivity index (χ0n) is 8.10. The molecule has 1 fully saturated rings. The van der Waals surface area contributed by atoms with Gasteiger partial charge in [0.15, 0.2) is 0 Å². The minimum absolute atomic E-state index is 0.616. The van der Waals surface area contributed by atoms with E-state index < -0.39 is 12.1 Å². The van der Waals surface area contributed by atoms with Crippen LogP contribution < -0.4 is 0 Å². The predicted octanol–water partition coefficient (Wildman–Crippen LogP) is 1.13. The Morgan fingerprint density at radius 3 is 2.36 bits per heavy atom. The van der Waals surface area contributed by atoms with Crippen LogP contribution in [0.25, 0.3) is 0 Å². The van der Waals surface area contributed by atoms with Crippen LogP contribution >= 0.6 is 0 Å². The number of aliphatic hydroxyl groups is 2. The molecule has 2 unspecified atom stereocenters. The Morgan fingerprint density at radius 1 is 1.36 bits per heavy atom. The maximum absolute atomic E-state index is 9.62. The van der Waals surface area contributed by atoms with Crippen molar-refractivity contribution < 1.29 is 14.9 Å². The summed E-state index contributed by atoms with van der Waals surface area (Å²) in [4.78, 5) is 0. The highest BCUT2D eigenvalue weighted by atomic mass is 16.8. The standard InChI is InChI=1S/C11H14O3/c1-2-3-8-4-6-9(7-5-8)11(13)10(12)14-11/h4-7,10,12-13H,2-3H2,1H3. The molecule has 2 rings (SSSR count). The molecular weight excluding hydrogens is 180 g/mol. The first-order valence-electron chi connectivity index (χ1n) is 4.84. The Hall–Kier alpha value is -0.900. The molecule has 3 heteroatoms. The van der Waals surface area contributed by atoms with E-state index in [4.69, 9.17) is 9.84 Å². The average Bonchev–Trinajstić information content (AvgIpc) is 2.78. The van der Waals surface area contributed by atoms with Crippen molar-refractivity contribution in [1.82, 2.24) is 0 Å². The first-order valence-corrected chi connectivity index (χ1v) is 4.84. The minimum atomic E-state index is -1.45. The molecule has 2 N–H and O–H groups in total. The Balaban J connectivity index is 2.15. The maximum atomic E-state index is 9.62. The highest BCUT2D eigenvalue weighted by Crippen LogP contribution is 2.41. The van der Waals surface area contributed by atoms with Gasteiger partial charge in [-0.2, -0.15) is 0 Å². The number of hydrogen-bond donors (Lipinski definition) is 2. The smallest absolute Gasteiger partial charge is 0.247 e. The van der Waals surface area contributed by atoms with Crippen molar-refractivity contribution >= 4 is 0 Å². The lowest BCUT2D eigenvalue weighted by atomic mass is 10.0. The van der Waals surface area contributed by atoms with Gasteiger partial charge in [0.2, 0.25) is 12.1 Å². The summed E-state index contributed by atoms with van der Waals surface area (Å²) in [6, 6.07) is 7.48. The fraction of sp³-hybridized carbons (Fsp3) is 0.455. The molecular formula is C11H14O3. The van der Waals surface area contributed by atoms with Crippen molar-refractivity contribution in [1.29, 1.82) is 0 Å². The highest BCUT2D eigenvalue weighted by Gasteiger charge is 2.56. The minimum Gasteiger partial charge on any atom is -0.363 e. The molecule has 1 aromatic rings. The molecule has 0 radical (unpaired) electrons. The second-order valence-corrected chi connectivity index (χ2v) is 3.61. The lowest BCUT2D eigenvalue weighted by Crippen LogP contribution is -2.11. The zero-order valence-corrected chi connectivity index (χ0v) is 8.10. The van der Waals surface area contributed by atoms with Crippen molar-refractivity contribution in [2.75, 3.05) is 0 Å². The quantitative estimate of drug-likeness (QED) is 0.709. The molecule has 0 saturated carbocycles. The van der Waals surface area contributed by atoms with Gasteiger partial charge in [0, 0.05) is 5.56 Å². The third-order valence-corrected chi connectivity index (χ3v) is 2.48. The van der Waals surface area contributed by atoms with Gasteiger partial charge in [-0.05, 0) is 12.0 Å². The summed E-state index contributed by atoms with van der Waals surface area (Å²) >= 11 is 0. The first kappa shape index (κ1) is 9.65. The predicted molar refractivity (Wildman–Crippen MR) is 51.4 cm³/mol. The molecule has 3 nitrogen and oxygen atoms in total. The molecule has 1 aliphatic rings. The first-order chi connectivity index (χ1) is 6.66. The second kappa shape index (κ2) is 3.35. The van der Waals surface area contributed by atoms with E-state index in [0.29, 0.717) is 5.56 Å². The van der Waals surface area contributed by atoms with Gasteiger partial charge in [-0.15, -0.1) is 0 Å². The van der Waals surface area contributed by atoms with Gasteiger partial charge in [0.25, 0.3) is 0 Å². The Bertz CT molecular complexity index is 320. The van der Waals surface area contributed by atoms with E-state index >= 15 is 0 Å². The zero-order chi connectivity index (χ0) is 10.2. The summed E-state index contributed by atoms with van der Waals surface area (Å²) in [5.41, 5.74) is 1.85. The average molecular weight is 194 g/mol. The fourth-order valence-corrected chi connectivity index (χ4v) is 1.55. The lowest BCUT2D eigenvalue weighted by molar-refractivity contribution is 0.0323. The Labute approximate surface area is 83.0 Å². The van der Waals surface area contributed by atoms with Gasteiger partial charge in [-0.3, -0.25) is 0 Å². The molecule has 0 amide bonds. The maximum Gasteiger partial charge on any atom is 0.247 e. The van der Waals surface area contributed by atoms with Gasteiger partial charge < -0.3 is 14.9 Å². The SMILES string of the molecule is CCCc1ccc(C2(O)OC2O)cc1. The summed E-state index contributed by atoms with van der Waals surface area (Å²) in [7, 11) is 0. The normalized spacial score (nSPS) is 30.4. The third-order valence-electron chi connectivity index (χ3n) is 2.48. The van der Waals surface area contributed by atoms with Crippen molar-refractivity contribution in [3.8, 4) is 0 Å². The van der Waals surface area contributed by atoms with Crippen molar-refractivity contribution in [3.63, 3.8) is 0 Å². The number of hydrogen-bond acceptors (Lipinski definition) is 3. The molecule has 2 atom stereocenters. The molecule has 14 heavy (non-hydrogen) atoms. The van der Waals surface area contributed by atoms with Crippen LogP contribution in [-0.4, -0.2) is 16.5 Å². The van der Waals surface area contributed by atoms with Crippen molar-refractivity contribution in [2.24, 2.45) is 0 Å². The van der Waals surface area contributed by atoms with E-state index in [1.165, 1.54) is 5.56 Å². The van der Waals surface area contributed by atoms with Gasteiger partial charge in [0.1, 0.15) is 0 Å². The van der Waals surface area contributed by atoms with Gasteiger partial charge >= 0.3 is 0 Å². The van der Waals surface area contributed by atoms with Gasteiger partial charge in [-0.25, -0.2) is 0 Å². The molecule has 0 aliphatic carbocycles. The molecule has 0 bridgehead atoms. The van der Waals surface area contributed by atoms with Gasteiger partial charge in [0.05, 0.1) is 0 Å². The summed E-state index contributed by atoms with van der Waals surface area (Å²) < 4.78 is 4.70. The van der Waals surface area contributed by atoms with E-state index in [9.17, 15) is 5.11 Å². The summed E-state index contributed by atoms with van der Waals surface area (Å²) in [6.45, 7) is 2.12. The van der Waals surface area contributed by atoms with Crippen LogP contribution in [0, 0.1) is 0 Å². The molecule has 0 aromatic heterocycles. The van der Waals surface area contributed by atoms with Crippen LogP contribution in [0.1, 0.15) is 24.5 Å².